The van der Waals surface area contributed by atoms with Crippen LogP contribution < -0.4 is 10.6 Å². The van der Waals surface area contributed by atoms with Gasteiger partial charge in [-0.25, -0.2) is 9.78 Å². The average Bonchev–Trinajstić information content (AvgIpc) is 3.07. The number of nitrogens with one attached hydrogen (secondary N) is 2. The summed E-state index contributed by atoms with van der Waals surface area (Å²) in [4.78, 5) is 17.6. The minimum absolute atomic E-state index is 0.112. The Kier molecular flexibility index (Phi) is 5.76. The van der Waals surface area contributed by atoms with Gasteiger partial charge in [0.25, 0.3) is 0 Å². The Bertz CT molecular complexity index is 565. The first kappa shape index (κ1) is 16.0. The van der Waals surface area contributed by atoms with Crippen LogP contribution in [0.4, 0.5) is 4.79 Å². The van der Waals surface area contributed by atoms with Crippen molar-refractivity contribution in [3.05, 3.63) is 38.5 Å². The molecule has 2 aromatic heterocycles. The van der Waals surface area contributed by atoms with Crippen molar-refractivity contribution in [2.45, 2.75) is 39.2 Å². The average molecular weight is 323 g/mol. The zero-order valence-corrected chi connectivity index (χ0v) is 14.2. The van der Waals surface area contributed by atoms with E-state index in [1.54, 1.807) is 22.7 Å². The zero-order valence-electron chi connectivity index (χ0n) is 12.6. The number of hydrogen-bond acceptors (Lipinski definition) is 4. The number of aromatic nitrogens is 1. The smallest absolute Gasteiger partial charge is 0.315 e. The summed E-state index contributed by atoms with van der Waals surface area (Å²) in [5, 5.41) is 11.1. The van der Waals surface area contributed by atoms with Crippen molar-refractivity contribution in [3.8, 4) is 0 Å². The van der Waals surface area contributed by atoms with Crippen LogP contribution in [0.2, 0.25) is 0 Å². The molecule has 114 valence electrons. The maximum Gasteiger partial charge on any atom is 0.315 e. The van der Waals surface area contributed by atoms with Crippen LogP contribution in [0.1, 0.15) is 35.3 Å². The number of thiophene rings is 1. The number of thiazole rings is 1. The van der Waals surface area contributed by atoms with Crippen LogP contribution in [0.5, 0.6) is 0 Å². The lowest BCUT2D eigenvalue weighted by molar-refractivity contribution is 0.237. The molecule has 0 saturated heterocycles. The van der Waals surface area contributed by atoms with Crippen molar-refractivity contribution < 1.29 is 4.79 Å². The molecule has 2 amide bonds. The van der Waals surface area contributed by atoms with Crippen molar-refractivity contribution in [2.24, 2.45) is 0 Å². The molecule has 0 bridgehead atoms. The van der Waals surface area contributed by atoms with Gasteiger partial charge >= 0.3 is 6.03 Å². The lowest BCUT2D eigenvalue weighted by Gasteiger charge is -2.15. The number of rotatable bonds is 6. The van der Waals surface area contributed by atoms with E-state index in [-0.39, 0.29) is 18.0 Å². The van der Waals surface area contributed by atoms with E-state index in [4.69, 9.17) is 0 Å². The Morgan fingerprint density at radius 1 is 1.38 bits per heavy atom. The molecule has 2 aromatic rings. The molecule has 4 nitrogen and oxygen atoms in total. The number of hydrogen-bond donors (Lipinski definition) is 2. The van der Waals surface area contributed by atoms with Crippen LogP contribution in [-0.4, -0.2) is 23.6 Å². The van der Waals surface area contributed by atoms with Gasteiger partial charge in [-0.1, -0.05) is 13.0 Å². The molecule has 0 saturated carbocycles. The molecule has 2 N–H and O–H groups in total. The highest BCUT2D eigenvalue weighted by Crippen LogP contribution is 2.18. The van der Waals surface area contributed by atoms with Crippen molar-refractivity contribution in [1.82, 2.24) is 15.6 Å². The molecular formula is C15H21N3OS2. The van der Waals surface area contributed by atoms with Gasteiger partial charge in [-0.3, -0.25) is 0 Å². The van der Waals surface area contributed by atoms with Crippen molar-refractivity contribution in [3.63, 3.8) is 0 Å². The third kappa shape index (κ3) is 5.13. The molecule has 0 unspecified atom stereocenters. The second-order valence-corrected chi connectivity index (χ2v) is 7.19. The van der Waals surface area contributed by atoms with Crippen LogP contribution >= 0.6 is 22.7 Å². The third-order valence-corrected chi connectivity index (χ3v) is 5.18. The van der Waals surface area contributed by atoms with E-state index in [2.05, 4.69) is 34.0 Å². The van der Waals surface area contributed by atoms with Crippen molar-refractivity contribution >= 4 is 28.7 Å². The Labute approximate surface area is 133 Å². The lowest BCUT2D eigenvalue weighted by atomic mass is 10.2. The first-order chi connectivity index (χ1) is 10.0. The van der Waals surface area contributed by atoms with Gasteiger partial charge in [0.2, 0.25) is 0 Å². The van der Waals surface area contributed by atoms with Gasteiger partial charge in [-0.15, -0.1) is 22.7 Å². The molecule has 2 heterocycles. The van der Waals surface area contributed by atoms with E-state index in [9.17, 15) is 4.79 Å². The minimum Gasteiger partial charge on any atom is -0.337 e. The molecule has 0 spiro atoms. The van der Waals surface area contributed by atoms with E-state index in [1.165, 1.54) is 4.88 Å². The fourth-order valence-electron chi connectivity index (χ4n) is 1.99. The second-order valence-electron chi connectivity index (χ2n) is 5.27. The lowest BCUT2D eigenvalue weighted by Crippen LogP contribution is -2.42. The molecule has 6 heteroatoms. The summed E-state index contributed by atoms with van der Waals surface area (Å²) in [6.07, 6.45) is 0.867. The summed E-state index contributed by atoms with van der Waals surface area (Å²) in [5.41, 5.74) is 1.04. The Morgan fingerprint density at radius 3 is 2.81 bits per heavy atom. The molecule has 0 radical (unpaired) electrons. The molecule has 0 fully saturated rings. The van der Waals surface area contributed by atoms with Crippen LogP contribution in [0.15, 0.2) is 22.9 Å². The highest BCUT2D eigenvalue weighted by molar-refractivity contribution is 7.10. The van der Waals surface area contributed by atoms with E-state index in [1.807, 2.05) is 25.3 Å². The fourth-order valence-corrected chi connectivity index (χ4v) is 3.68. The number of carbonyl (C=O) groups is 1. The Hall–Kier alpha value is -1.40. The second kappa shape index (κ2) is 7.56. The molecule has 0 aliphatic carbocycles. The maximum absolute atomic E-state index is 11.9. The number of amides is 2. The van der Waals surface area contributed by atoms with Gasteiger partial charge in [0.15, 0.2) is 0 Å². The summed E-state index contributed by atoms with van der Waals surface area (Å²) in [6, 6.07) is 4.14. The normalized spacial score (nSPS) is 13.7. The maximum atomic E-state index is 11.9. The largest absolute Gasteiger partial charge is 0.337 e. The quantitative estimate of drug-likeness (QED) is 0.854. The van der Waals surface area contributed by atoms with Crippen LogP contribution in [-0.2, 0) is 6.42 Å². The first-order valence-corrected chi connectivity index (χ1v) is 8.79. The number of nitrogens with zero attached hydrogens (tertiary/aromatic N) is 1. The van der Waals surface area contributed by atoms with E-state index in [0.29, 0.717) is 6.54 Å². The SMILES string of the molecule is Cc1csc([C@@H](C)CNC(=O)N[C@H](C)Cc2cccs2)n1. The summed E-state index contributed by atoms with van der Waals surface area (Å²) >= 11 is 3.36. The topological polar surface area (TPSA) is 54.0 Å². The number of urea groups is 1. The third-order valence-electron chi connectivity index (χ3n) is 3.09. The van der Waals surface area contributed by atoms with Crippen molar-refractivity contribution in [1.29, 1.82) is 0 Å². The highest BCUT2D eigenvalue weighted by atomic mass is 32.1. The molecule has 0 aliphatic rings. The molecule has 0 aliphatic heterocycles. The summed E-state index contributed by atoms with van der Waals surface area (Å²) in [6.45, 7) is 6.68. The van der Waals surface area contributed by atoms with E-state index >= 15 is 0 Å². The van der Waals surface area contributed by atoms with Crippen LogP contribution in [0.3, 0.4) is 0 Å². The monoisotopic (exact) mass is 323 g/mol. The predicted molar refractivity (Wildman–Crippen MR) is 89.3 cm³/mol. The molecule has 0 aromatic carbocycles. The van der Waals surface area contributed by atoms with Gasteiger partial charge in [0.1, 0.15) is 0 Å². The molecular weight excluding hydrogens is 302 g/mol. The van der Waals surface area contributed by atoms with Crippen molar-refractivity contribution in [2.75, 3.05) is 6.54 Å². The van der Waals surface area contributed by atoms with Crippen LogP contribution in [0.25, 0.3) is 0 Å². The van der Waals surface area contributed by atoms with Gasteiger partial charge in [0, 0.05) is 40.9 Å². The Balaban J connectivity index is 1.71. The number of aryl methyl sites for hydroxylation is 1. The fraction of sp³-hybridized carbons (Fsp3) is 0.467. The van der Waals surface area contributed by atoms with Gasteiger partial charge in [-0.2, -0.15) is 0 Å². The number of carbonyl (C=O) groups excluding carboxylic acids is 1. The van der Waals surface area contributed by atoms with Gasteiger partial charge < -0.3 is 10.6 Å². The standard InChI is InChI=1S/C15H21N3OS2/c1-10(14-17-12(3)9-21-14)8-16-15(19)18-11(2)7-13-5-4-6-20-13/h4-6,9-11H,7-8H2,1-3H3,(H2,16,18,19)/t10-,11+/m0/s1. The molecule has 21 heavy (non-hydrogen) atoms. The highest BCUT2D eigenvalue weighted by Gasteiger charge is 2.12. The Morgan fingerprint density at radius 2 is 2.19 bits per heavy atom. The minimum atomic E-state index is -0.112. The van der Waals surface area contributed by atoms with E-state index in [0.717, 1.165) is 17.1 Å². The molecule has 2 rings (SSSR count). The predicted octanol–water partition coefficient (Wildman–Crippen LogP) is 3.55. The van der Waals surface area contributed by atoms with E-state index < -0.39 is 0 Å². The summed E-state index contributed by atoms with van der Waals surface area (Å²) in [5.74, 6) is 0.238. The van der Waals surface area contributed by atoms with Crippen LogP contribution in [0, 0.1) is 6.92 Å². The van der Waals surface area contributed by atoms with Gasteiger partial charge in [-0.05, 0) is 25.3 Å². The summed E-state index contributed by atoms with van der Waals surface area (Å²) in [7, 11) is 0. The van der Waals surface area contributed by atoms with Gasteiger partial charge in [0.05, 0.1) is 5.01 Å². The first-order valence-electron chi connectivity index (χ1n) is 7.03. The summed E-state index contributed by atoms with van der Waals surface area (Å²) < 4.78 is 0. The molecule has 2 atom stereocenters. The zero-order chi connectivity index (χ0) is 15.2.